The van der Waals surface area contributed by atoms with Gasteiger partial charge in [0.25, 0.3) is 5.91 Å². The molecule has 2 rings (SSSR count). The molecule has 2 atom stereocenters. The molecule has 0 aliphatic carbocycles. The van der Waals surface area contributed by atoms with Gasteiger partial charge in [0.05, 0.1) is 0 Å². The van der Waals surface area contributed by atoms with Crippen LogP contribution in [-0.4, -0.2) is 40.1 Å². The lowest BCUT2D eigenvalue weighted by Gasteiger charge is -2.36. The molecule has 4 heteroatoms. The zero-order chi connectivity index (χ0) is 14.5. The van der Waals surface area contributed by atoms with E-state index in [1.807, 2.05) is 4.90 Å². The fourth-order valence-corrected chi connectivity index (χ4v) is 2.45. The van der Waals surface area contributed by atoms with E-state index in [1.54, 1.807) is 18.3 Å². The number of amides is 1. The molecule has 1 aromatic rings. The zero-order valence-electron chi connectivity index (χ0n) is 12.0. The van der Waals surface area contributed by atoms with Crippen molar-refractivity contribution in [1.82, 2.24) is 9.88 Å². The number of likely N-dealkylation sites (tertiary alicyclic amines) is 1. The van der Waals surface area contributed by atoms with Gasteiger partial charge in [0, 0.05) is 24.3 Å². The number of nitrogens with zero attached hydrogens (tertiary/aromatic N) is 2. The lowest BCUT2D eigenvalue weighted by atomic mass is 9.95. The average Bonchev–Trinajstić information content (AvgIpc) is 2.47. The van der Waals surface area contributed by atoms with E-state index >= 15 is 0 Å². The van der Waals surface area contributed by atoms with Crippen molar-refractivity contribution in [3.05, 3.63) is 29.6 Å². The predicted octanol–water partition coefficient (Wildman–Crippen LogP) is 1.69. The maximum atomic E-state index is 12.5. The highest BCUT2D eigenvalue weighted by molar-refractivity contribution is 5.92. The minimum Gasteiger partial charge on any atom is -0.384 e. The first kappa shape index (κ1) is 14.5. The monoisotopic (exact) mass is 272 g/mol. The summed E-state index contributed by atoms with van der Waals surface area (Å²) in [5.74, 6) is 5.87. The summed E-state index contributed by atoms with van der Waals surface area (Å²) >= 11 is 0. The van der Waals surface area contributed by atoms with Crippen molar-refractivity contribution in [3.8, 4) is 11.8 Å². The van der Waals surface area contributed by atoms with Crippen LogP contribution < -0.4 is 0 Å². The van der Waals surface area contributed by atoms with Gasteiger partial charge in [0.2, 0.25) is 0 Å². The molecule has 0 radical (unpaired) electrons. The van der Waals surface area contributed by atoms with Crippen LogP contribution in [0, 0.1) is 17.8 Å². The molecule has 4 nitrogen and oxygen atoms in total. The van der Waals surface area contributed by atoms with Crippen molar-refractivity contribution in [3.63, 3.8) is 0 Å². The molecule has 0 saturated carbocycles. The third-order valence-electron chi connectivity index (χ3n) is 3.67. The van der Waals surface area contributed by atoms with Crippen LogP contribution >= 0.6 is 0 Å². The van der Waals surface area contributed by atoms with Crippen LogP contribution in [0.15, 0.2) is 18.3 Å². The molecular formula is C16H20N2O2. The molecule has 1 aromatic heterocycles. The Labute approximate surface area is 119 Å². The maximum Gasteiger partial charge on any atom is 0.272 e. The number of carbonyl (C=O) groups excluding carboxylic acids is 1. The van der Waals surface area contributed by atoms with E-state index in [9.17, 15) is 4.79 Å². The normalized spacial score (nSPS) is 22.1. The van der Waals surface area contributed by atoms with Crippen molar-refractivity contribution < 1.29 is 9.90 Å². The zero-order valence-corrected chi connectivity index (χ0v) is 12.0. The van der Waals surface area contributed by atoms with Crippen LogP contribution in [0.1, 0.15) is 42.7 Å². The Balaban J connectivity index is 2.12. The van der Waals surface area contributed by atoms with Crippen molar-refractivity contribution in [2.24, 2.45) is 5.92 Å². The Morgan fingerprint density at radius 2 is 2.25 bits per heavy atom. The Bertz CT molecular complexity index is 528. The third kappa shape index (κ3) is 3.37. The van der Waals surface area contributed by atoms with Crippen LogP contribution in [-0.2, 0) is 0 Å². The van der Waals surface area contributed by atoms with E-state index in [4.69, 9.17) is 5.11 Å². The van der Waals surface area contributed by atoms with Crippen molar-refractivity contribution in [2.45, 2.75) is 32.7 Å². The summed E-state index contributed by atoms with van der Waals surface area (Å²) in [5, 5.41) is 8.64. The van der Waals surface area contributed by atoms with Gasteiger partial charge in [-0.25, -0.2) is 4.98 Å². The molecule has 2 heterocycles. The van der Waals surface area contributed by atoms with E-state index in [1.165, 1.54) is 6.42 Å². The molecule has 20 heavy (non-hydrogen) atoms. The van der Waals surface area contributed by atoms with Crippen LogP contribution in [0.5, 0.6) is 0 Å². The Hall–Kier alpha value is -1.86. The number of piperidine rings is 1. The molecule has 1 aliphatic heterocycles. The number of hydrogen-bond donors (Lipinski definition) is 1. The van der Waals surface area contributed by atoms with Gasteiger partial charge in [-0.2, -0.15) is 0 Å². The topological polar surface area (TPSA) is 53.4 Å². The molecule has 1 N–H and O–H groups in total. The highest BCUT2D eigenvalue weighted by atomic mass is 16.2. The fraction of sp³-hybridized carbons (Fsp3) is 0.500. The van der Waals surface area contributed by atoms with Crippen LogP contribution in [0.2, 0.25) is 0 Å². The quantitative estimate of drug-likeness (QED) is 0.791. The Morgan fingerprint density at radius 3 is 2.90 bits per heavy atom. The number of aliphatic hydroxyl groups excluding tert-OH is 1. The average molecular weight is 272 g/mol. The number of carbonyl (C=O) groups is 1. The summed E-state index contributed by atoms with van der Waals surface area (Å²) < 4.78 is 0. The summed E-state index contributed by atoms with van der Waals surface area (Å²) in [6.45, 7) is 4.88. The lowest BCUT2D eigenvalue weighted by Crippen LogP contribution is -2.45. The molecule has 1 aliphatic rings. The number of aliphatic hydroxyl groups is 1. The number of rotatable bonds is 1. The molecule has 2 unspecified atom stereocenters. The second kappa shape index (κ2) is 6.53. The van der Waals surface area contributed by atoms with Crippen molar-refractivity contribution >= 4 is 5.91 Å². The number of hydrogen-bond acceptors (Lipinski definition) is 3. The van der Waals surface area contributed by atoms with Crippen molar-refractivity contribution in [1.29, 1.82) is 0 Å². The van der Waals surface area contributed by atoms with Gasteiger partial charge in [-0.3, -0.25) is 4.79 Å². The van der Waals surface area contributed by atoms with E-state index in [2.05, 4.69) is 30.7 Å². The molecule has 0 spiro atoms. The minimum atomic E-state index is -0.177. The van der Waals surface area contributed by atoms with Crippen molar-refractivity contribution in [2.75, 3.05) is 13.2 Å². The first-order valence-corrected chi connectivity index (χ1v) is 6.98. The lowest BCUT2D eigenvalue weighted by molar-refractivity contribution is 0.0568. The maximum absolute atomic E-state index is 12.5. The summed E-state index contributed by atoms with van der Waals surface area (Å²) in [5.41, 5.74) is 1.16. The molecule has 1 amide bonds. The molecular weight excluding hydrogens is 252 g/mol. The van der Waals surface area contributed by atoms with E-state index < -0.39 is 0 Å². The first-order chi connectivity index (χ1) is 9.61. The van der Waals surface area contributed by atoms with Gasteiger partial charge < -0.3 is 10.0 Å². The second-order valence-corrected chi connectivity index (χ2v) is 5.38. The smallest absolute Gasteiger partial charge is 0.272 e. The van der Waals surface area contributed by atoms with E-state index in [-0.39, 0.29) is 18.6 Å². The molecule has 1 fully saturated rings. The van der Waals surface area contributed by atoms with Gasteiger partial charge in [-0.1, -0.05) is 18.8 Å². The molecule has 1 saturated heterocycles. The van der Waals surface area contributed by atoms with E-state index in [0.29, 0.717) is 17.2 Å². The summed E-state index contributed by atoms with van der Waals surface area (Å²) in [7, 11) is 0. The minimum absolute atomic E-state index is 0.00860. The fourth-order valence-electron chi connectivity index (χ4n) is 2.45. The van der Waals surface area contributed by atoms with Crippen LogP contribution in [0.3, 0.4) is 0 Å². The summed E-state index contributed by atoms with van der Waals surface area (Å²) in [6.07, 6.45) is 3.80. The third-order valence-corrected chi connectivity index (χ3v) is 3.67. The van der Waals surface area contributed by atoms with Gasteiger partial charge in [-0.05, 0) is 37.8 Å². The Morgan fingerprint density at radius 1 is 1.45 bits per heavy atom. The molecule has 0 bridgehead atoms. The van der Waals surface area contributed by atoms with Gasteiger partial charge in [0.1, 0.15) is 12.3 Å². The standard InChI is InChI=1S/C16H20N2O2/c1-12-5-6-13(2)18(11-12)16(20)15-8-7-14(10-17-15)4-3-9-19/h7-8,10,12-13,19H,5-6,9,11H2,1-2H3. The second-order valence-electron chi connectivity index (χ2n) is 5.38. The summed E-state index contributed by atoms with van der Waals surface area (Å²) in [4.78, 5) is 18.6. The van der Waals surface area contributed by atoms with Gasteiger partial charge in [-0.15, -0.1) is 0 Å². The van der Waals surface area contributed by atoms with E-state index in [0.717, 1.165) is 13.0 Å². The van der Waals surface area contributed by atoms with Gasteiger partial charge >= 0.3 is 0 Å². The summed E-state index contributed by atoms with van der Waals surface area (Å²) in [6, 6.07) is 3.74. The largest absolute Gasteiger partial charge is 0.384 e. The van der Waals surface area contributed by atoms with Crippen LogP contribution in [0.25, 0.3) is 0 Å². The number of aromatic nitrogens is 1. The predicted molar refractivity (Wildman–Crippen MR) is 77.1 cm³/mol. The SMILES string of the molecule is CC1CCC(C)N(C(=O)c2ccc(C#CCO)cn2)C1. The van der Waals surface area contributed by atoms with Crippen LogP contribution in [0.4, 0.5) is 0 Å². The number of pyridine rings is 1. The molecule has 0 aromatic carbocycles. The Kier molecular flexibility index (Phi) is 4.75. The highest BCUT2D eigenvalue weighted by Gasteiger charge is 2.28. The van der Waals surface area contributed by atoms with Gasteiger partial charge in [0.15, 0.2) is 0 Å². The highest BCUT2D eigenvalue weighted by Crippen LogP contribution is 2.22. The molecule has 106 valence electrons. The first-order valence-electron chi connectivity index (χ1n) is 6.98.